The van der Waals surface area contributed by atoms with E-state index in [9.17, 15) is 0 Å². The van der Waals surface area contributed by atoms with Crippen molar-refractivity contribution in [2.75, 3.05) is 0 Å². The Labute approximate surface area is 97.1 Å². The van der Waals surface area contributed by atoms with Gasteiger partial charge in [-0.1, -0.05) is 31.5 Å². The van der Waals surface area contributed by atoms with Crippen LogP contribution in [0.4, 0.5) is 0 Å². The Balaban J connectivity index is 2.23. The standard InChI is InChI=1S/C15H18O/c1-3-4-6-13-8-9-14(12(2)11-13)15-7-5-10-16-15/h5,7-11H,3-4,6H2,1-2H3. The lowest BCUT2D eigenvalue weighted by molar-refractivity contribution is 0.582. The van der Waals surface area contributed by atoms with E-state index in [0.29, 0.717) is 0 Å². The SMILES string of the molecule is CCCCc1ccc(-c2ccco2)c(C)c1. The summed E-state index contributed by atoms with van der Waals surface area (Å²) < 4.78 is 5.42. The van der Waals surface area contributed by atoms with Crippen molar-refractivity contribution in [2.45, 2.75) is 33.1 Å². The van der Waals surface area contributed by atoms with Crippen molar-refractivity contribution >= 4 is 0 Å². The second kappa shape index (κ2) is 5.02. The number of rotatable bonds is 4. The third-order valence-corrected chi connectivity index (χ3v) is 2.90. The maximum atomic E-state index is 5.42. The van der Waals surface area contributed by atoms with E-state index in [-0.39, 0.29) is 0 Å². The van der Waals surface area contributed by atoms with E-state index in [2.05, 4.69) is 32.0 Å². The summed E-state index contributed by atoms with van der Waals surface area (Å²) in [5.74, 6) is 0.958. The van der Waals surface area contributed by atoms with Gasteiger partial charge in [0.2, 0.25) is 0 Å². The number of unbranched alkanes of at least 4 members (excludes halogenated alkanes) is 1. The quantitative estimate of drug-likeness (QED) is 0.725. The number of benzene rings is 1. The zero-order valence-electron chi connectivity index (χ0n) is 9.99. The van der Waals surface area contributed by atoms with E-state index in [1.54, 1.807) is 6.26 Å². The molecule has 1 heteroatoms. The predicted molar refractivity (Wildman–Crippen MR) is 67.5 cm³/mol. The van der Waals surface area contributed by atoms with Gasteiger partial charge in [0.15, 0.2) is 0 Å². The molecule has 1 heterocycles. The van der Waals surface area contributed by atoms with Gasteiger partial charge in [-0.25, -0.2) is 0 Å². The molecular weight excluding hydrogens is 196 g/mol. The molecule has 0 aliphatic heterocycles. The average molecular weight is 214 g/mol. The molecule has 2 aromatic rings. The second-order valence-corrected chi connectivity index (χ2v) is 4.23. The Kier molecular flexibility index (Phi) is 3.45. The van der Waals surface area contributed by atoms with Crippen LogP contribution in [0.25, 0.3) is 11.3 Å². The maximum Gasteiger partial charge on any atom is 0.134 e. The summed E-state index contributed by atoms with van der Waals surface area (Å²) in [6.07, 6.45) is 5.41. The van der Waals surface area contributed by atoms with Crippen LogP contribution in [0.5, 0.6) is 0 Å². The molecule has 0 N–H and O–H groups in total. The minimum absolute atomic E-state index is 0.958. The van der Waals surface area contributed by atoms with Crippen LogP contribution < -0.4 is 0 Å². The maximum absolute atomic E-state index is 5.42. The first-order chi connectivity index (χ1) is 7.81. The topological polar surface area (TPSA) is 13.1 Å². The molecule has 0 amide bonds. The number of hydrogen-bond donors (Lipinski definition) is 0. The summed E-state index contributed by atoms with van der Waals surface area (Å²) in [6, 6.07) is 10.6. The average Bonchev–Trinajstić information content (AvgIpc) is 2.80. The van der Waals surface area contributed by atoms with Crippen molar-refractivity contribution in [3.8, 4) is 11.3 Å². The van der Waals surface area contributed by atoms with Gasteiger partial charge in [0.1, 0.15) is 5.76 Å². The van der Waals surface area contributed by atoms with Gasteiger partial charge in [0, 0.05) is 5.56 Å². The minimum Gasteiger partial charge on any atom is -0.464 e. The van der Waals surface area contributed by atoms with Crippen LogP contribution in [0.2, 0.25) is 0 Å². The van der Waals surface area contributed by atoms with Crippen LogP contribution in [0.15, 0.2) is 41.0 Å². The molecule has 0 saturated carbocycles. The molecule has 0 unspecified atom stereocenters. The van der Waals surface area contributed by atoms with E-state index in [4.69, 9.17) is 4.42 Å². The highest BCUT2D eigenvalue weighted by Crippen LogP contribution is 2.25. The van der Waals surface area contributed by atoms with Gasteiger partial charge >= 0.3 is 0 Å². The number of hydrogen-bond acceptors (Lipinski definition) is 1. The molecule has 1 aromatic heterocycles. The lowest BCUT2D eigenvalue weighted by Gasteiger charge is -2.06. The summed E-state index contributed by atoms with van der Waals surface area (Å²) in [6.45, 7) is 4.37. The van der Waals surface area contributed by atoms with Gasteiger partial charge < -0.3 is 4.42 Å². The van der Waals surface area contributed by atoms with Crippen molar-refractivity contribution in [2.24, 2.45) is 0 Å². The zero-order valence-corrected chi connectivity index (χ0v) is 9.99. The molecule has 16 heavy (non-hydrogen) atoms. The van der Waals surface area contributed by atoms with E-state index in [0.717, 1.165) is 5.76 Å². The Morgan fingerprint density at radius 1 is 1.19 bits per heavy atom. The highest BCUT2D eigenvalue weighted by atomic mass is 16.3. The highest BCUT2D eigenvalue weighted by molar-refractivity contribution is 5.62. The van der Waals surface area contributed by atoms with Crippen molar-refractivity contribution in [3.05, 3.63) is 47.7 Å². The van der Waals surface area contributed by atoms with Crippen molar-refractivity contribution < 1.29 is 4.42 Å². The first-order valence-electron chi connectivity index (χ1n) is 5.94. The number of furan rings is 1. The van der Waals surface area contributed by atoms with Crippen LogP contribution >= 0.6 is 0 Å². The molecule has 0 aliphatic carbocycles. The molecule has 0 fully saturated rings. The monoisotopic (exact) mass is 214 g/mol. The fourth-order valence-corrected chi connectivity index (χ4v) is 1.97. The molecule has 0 spiro atoms. The van der Waals surface area contributed by atoms with Crippen molar-refractivity contribution in [1.29, 1.82) is 0 Å². The third kappa shape index (κ3) is 2.35. The Bertz CT molecular complexity index is 440. The van der Waals surface area contributed by atoms with Crippen molar-refractivity contribution in [1.82, 2.24) is 0 Å². The molecule has 0 saturated heterocycles. The smallest absolute Gasteiger partial charge is 0.134 e. The van der Waals surface area contributed by atoms with Crippen LogP contribution in [0.3, 0.4) is 0 Å². The van der Waals surface area contributed by atoms with E-state index in [1.165, 1.54) is 36.0 Å². The van der Waals surface area contributed by atoms with Crippen LogP contribution in [-0.4, -0.2) is 0 Å². The van der Waals surface area contributed by atoms with Crippen LogP contribution in [-0.2, 0) is 6.42 Å². The summed E-state index contributed by atoms with van der Waals surface area (Å²) in [5, 5.41) is 0. The second-order valence-electron chi connectivity index (χ2n) is 4.23. The first kappa shape index (κ1) is 11.0. The molecule has 1 nitrogen and oxygen atoms in total. The normalized spacial score (nSPS) is 10.6. The van der Waals surface area contributed by atoms with Crippen LogP contribution in [0, 0.1) is 6.92 Å². The van der Waals surface area contributed by atoms with Gasteiger partial charge in [-0.3, -0.25) is 0 Å². The molecule has 84 valence electrons. The summed E-state index contributed by atoms with van der Waals surface area (Å²) in [4.78, 5) is 0. The van der Waals surface area contributed by atoms with Gasteiger partial charge in [0.05, 0.1) is 6.26 Å². The van der Waals surface area contributed by atoms with Gasteiger partial charge in [-0.05, 0) is 43.0 Å². The molecule has 0 radical (unpaired) electrons. The Morgan fingerprint density at radius 3 is 2.69 bits per heavy atom. The van der Waals surface area contributed by atoms with Crippen LogP contribution in [0.1, 0.15) is 30.9 Å². The fourth-order valence-electron chi connectivity index (χ4n) is 1.97. The molecular formula is C15H18O. The van der Waals surface area contributed by atoms with E-state index < -0.39 is 0 Å². The fraction of sp³-hybridized carbons (Fsp3) is 0.333. The molecule has 0 aliphatic rings. The Hall–Kier alpha value is -1.50. The van der Waals surface area contributed by atoms with Gasteiger partial charge in [-0.2, -0.15) is 0 Å². The van der Waals surface area contributed by atoms with E-state index >= 15 is 0 Å². The number of aryl methyl sites for hydroxylation is 2. The summed E-state index contributed by atoms with van der Waals surface area (Å²) in [5.41, 5.74) is 3.92. The Morgan fingerprint density at radius 2 is 2.06 bits per heavy atom. The van der Waals surface area contributed by atoms with Crippen molar-refractivity contribution in [3.63, 3.8) is 0 Å². The van der Waals surface area contributed by atoms with Gasteiger partial charge in [0.25, 0.3) is 0 Å². The molecule has 2 rings (SSSR count). The lowest BCUT2D eigenvalue weighted by atomic mass is 10.0. The van der Waals surface area contributed by atoms with E-state index in [1.807, 2.05) is 12.1 Å². The van der Waals surface area contributed by atoms with Gasteiger partial charge in [-0.15, -0.1) is 0 Å². The molecule has 0 atom stereocenters. The third-order valence-electron chi connectivity index (χ3n) is 2.90. The summed E-state index contributed by atoms with van der Waals surface area (Å²) in [7, 11) is 0. The summed E-state index contributed by atoms with van der Waals surface area (Å²) >= 11 is 0. The molecule has 1 aromatic carbocycles. The highest BCUT2D eigenvalue weighted by Gasteiger charge is 2.04. The molecule has 0 bridgehead atoms. The minimum atomic E-state index is 0.958. The predicted octanol–water partition coefficient (Wildman–Crippen LogP) is 4.60. The lowest BCUT2D eigenvalue weighted by Crippen LogP contribution is -1.88. The largest absolute Gasteiger partial charge is 0.464 e. The first-order valence-corrected chi connectivity index (χ1v) is 5.94. The zero-order chi connectivity index (χ0) is 11.4.